The zero-order valence-electron chi connectivity index (χ0n) is 15.2. The molecule has 0 atom stereocenters. The lowest BCUT2D eigenvalue weighted by Crippen LogP contribution is -2.44. The van der Waals surface area contributed by atoms with E-state index in [1.165, 1.54) is 12.8 Å². The normalized spacial score (nSPS) is 22.9. The number of rotatable bonds is 3. The van der Waals surface area contributed by atoms with Crippen LogP contribution in [0.4, 0.5) is 0 Å². The van der Waals surface area contributed by atoms with Crippen molar-refractivity contribution in [1.29, 1.82) is 0 Å². The van der Waals surface area contributed by atoms with Gasteiger partial charge in [-0.25, -0.2) is 0 Å². The average molecular weight is 354 g/mol. The zero-order valence-corrected chi connectivity index (χ0v) is 15.2. The van der Waals surface area contributed by atoms with E-state index in [1.807, 2.05) is 35.2 Å². The van der Waals surface area contributed by atoms with E-state index >= 15 is 0 Å². The number of nitrogens with zero attached hydrogens (tertiary/aromatic N) is 2. The summed E-state index contributed by atoms with van der Waals surface area (Å²) in [6, 6.07) is 9.67. The van der Waals surface area contributed by atoms with Gasteiger partial charge in [-0.3, -0.25) is 14.5 Å². The predicted octanol–water partition coefficient (Wildman–Crippen LogP) is 2.82. The van der Waals surface area contributed by atoms with E-state index in [2.05, 4.69) is 0 Å². The number of carbonyl (C=O) groups is 2. The molecule has 2 fully saturated rings. The molecule has 2 aliphatic heterocycles. The standard InChI is InChI=1S/C21H26N2O3/c24-20-18(16-8-4-3-5-9-16)19(22-12-14-26-15-13-22)21(25)23(20)17-10-6-1-2-7-11-17/h3-5,8-9,17H,1-2,6-7,10-15H2. The van der Waals surface area contributed by atoms with E-state index < -0.39 is 0 Å². The van der Waals surface area contributed by atoms with Gasteiger partial charge in [-0.15, -0.1) is 0 Å². The lowest BCUT2D eigenvalue weighted by molar-refractivity contribution is -0.140. The summed E-state index contributed by atoms with van der Waals surface area (Å²) < 4.78 is 5.45. The van der Waals surface area contributed by atoms with Gasteiger partial charge < -0.3 is 9.64 Å². The van der Waals surface area contributed by atoms with Crippen molar-refractivity contribution in [3.8, 4) is 0 Å². The molecule has 1 saturated carbocycles. The van der Waals surface area contributed by atoms with E-state index in [0.29, 0.717) is 37.6 Å². The fraction of sp³-hybridized carbons (Fsp3) is 0.524. The summed E-state index contributed by atoms with van der Waals surface area (Å²) in [4.78, 5) is 30.4. The van der Waals surface area contributed by atoms with Crippen molar-refractivity contribution >= 4 is 17.4 Å². The number of imide groups is 1. The highest BCUT2D eigenvalue weighted by molar-refractivity contribution is 6.35. The van der Waals surface area contributed by atoms with Crippen molar-refractivity contribution in [3.05, 3.63) is 41.6 Å². The molecule has 0 unspecified atom stereocenters. The molecule has 5 heteroatoms. The number of amides is 2. The maximum atomic E-state index is 13.4. The van der Waals surface area contributed by atoms with Crippen LogP contribution in [0.3, 0.4) is 0 Å². The highest BCUT2D eigenvalue weighted by Crippen LogP contribution is 2.35. The highest BCUT2D eigenvalue weighted by atomic mass is 16.5. The second-order valence-electron chi connectivity index (χ2n) is 7.31. The van der Waals surface area contributed by atoms with Gasteiger partial charge in [0.05, 0.1) is 18.8 Å². The lowest BCUT2D eigenvalue weighted by atomic mass is 10.0. The van der Waals surface area contributed by atoms with Crippen molar-refractivity contribution in [2.75, 3.05) is 26.3 Å². The second-order valence-corrected chi connectivity index (χ2v) is 7.31. The monoisotopic (exact) mass is 354 g/mol. The molecule has 0 spiro atoms. The number of ether oxygens (including phenoxy) is 1. The molecule has 5 nitrogen and oxygen atoms in total. The summed E-state index contributed by atoms with van der Waals surface area (Å²) in [5.41, 5.74) is 1.99. The predicted molar refractivity (Wildman–Crippen MR) is 99.1 cm³/mol. The number of hydrogen-bond donors (Lipinski definition) is 0. The van der Waals surface area contributed by atoms with Crippen LogP contribution in [-0.2, 0) is 14.3 Å². The van der Waals surface area contributed by atoms with Gasteiger partial charge in [0, 0.05) is 19.1 Å². The van der Waals surface area contributed by atoms with Gasteiger partial charge in [0.25, 0.3) is 11.8 Å². The Bertz CT molecular complexity index is 699. The number of hydrogen-bond acceptors (Lipinski definition) is 4. The summed E-state index contributed by atoms with van der Waals surface area (Å²) in [7, 11) is 0. The topological polar surface area (TPSA) is 49.9 Å². The van der Waals surface area contributed by atoms with Gasteiger partial charge >= 0.3 is 0 Å². The smallest absolute Gasteiger partial charge is 0.278 e. The van der Waals surface area contributed by atoms with Gasteiger partial charge in [0.1, 0.15) is 5.70 Å². The largest absolute Gasteiger partial charge is 0.378 e. The third-order valence-corrected chi connectivity index (χ3v) is 5.67. The number of morpholine rings is 1. The van der Waals surface area contributed by atoms with Crippen LogP contribution in [-0.4, -0.2) is 54.0 Å². The van der Waals surface area contributed by atoms with Gasteiger partial charge in [-0.1, -0.05) is 56.0 Å². The van der Waals surface area contributed by atoms with Crippen LogP contribution in [0.1, 0.15) is 44.1 Å². The fourth-order valence-corrected chi connectivity index (χ4v) is 4.33. The van der Waals surface area contributed by atoms with Gasteiger partial charge in [0.15, 0.2) is 0 Å². The summed E-state index contributed by atoms with van der Waals surface area (Å²) in [6.07, 6.45) is 6.43. The minimum atomic E-state index is -0.116. The Morgan fingerprint density at radius 2 is 1.50 bits per heavy atom. The van der Waals surface area contributed by atoms with Crippen molar-refractivity contribution in [2.24, 2.45) is 0 Å². The summed E-state index contributed by atoms with van der Waals surface area (Å²) >= 11 is 0. The molecule has 1 aromatic rings. The molecule has 2 heterocycles. The first-order valence-electron chi connectivity index (χ1n) is 9.77. The second kappa shape index (κ2) is 7.62. The number of carbonyl (C=O) groups excluding carboxylic acids is 2. The molecule has 1 saturated heterocycles. The first-order valence-corrected chi connectivity index (χ1v) is 9.77. The molecule has 0 aromatic heterocycles. The molecular weight excluding hydrogens is 328 g/mol. The third-order valence-electron chi connectivity index (χ3n) is 5.67. The molecular formula is C21H26N2O3. The van der Waals surface area contributed by atoms with Crippen LogP contribution in [0, 0.1) is 0 Å². The molecule has 4 rings (SSSR count). The minimum Gasteiger partial charge on any atom is -0.378 e. The summed E-state index contributed by atoms with van der Waals surface area (Å²) in [6.45, 7) is 2.50. The Hall–Kier alpha value is -2.14. The Morgan fingerprint density at radius 1 is 0.846 bits per heavy atom. The molecule has 0 N–H and O–H groups in total. The highest BCUT2D eigenvalue weighted by Gasteiger charge is 2.44. The van der Waals surface area contributed by atoms with Crippen LogP contribution in [0.15, 0.2) is 36.0 Å². The quantitative estimate of drug-likeness (QED) is 0.619. The molecule has 2 amide bonds. The molecule has 0 bridgehead atoms. The van der Waals surface area contributed by atoms with E-state index in [9.17, 15) is 9.59 Å². The summed E-state index contributed by atoms with van der Waals surface area (Å²) in [5, 5.41) is 0. The Balaban J connectivity index is 1.72. The van der Waals surface area contributed by atoms with E-state index in [4.69, 9.17) is 4.74 Å². The minimum absolute atomic E-state index is 0.0368. The lowest BCUT2D eigenvalue weighted by Gasteiger charge is -2.31. The number of benzene rings is 1. The summed E-state index contributed by atoms with van der Waals surface area (Å²) in [5.74, 6) is -0.225. The Kier molecular flexibility index (Phi) is 5.07. The third kappa shape index (κ3) is 3.16. The van der Waals surface area contributed by atoms with Gasteiger partial charge in [0.2, 0.25) is 0 Å². The molecule has 1 aliphatic carbocycles. The van der Waals surface area contributed by atoms with Crippen LogP contribution < -0.4 is 0 Å². The van der Waals surface area contributed by atoms with E-state index in [0.717, 1.165) is 31.2 Å². The first kappa shape index (κ1) is 17.3. The van der Waals surface area contributed by atoms with Crippen LogP contribution >= 0.6 is 0 Å². The van der Waals surface area contributed by atoms with Crippen molar-refractivity contribution in [2.45, 2.75) is 44.6 Å². The molecule has 26 heavy (non-hydrogen) atoms. The molecule has 3 aliphatic rings. The molecule has 0 radical (unpaired) electrons. The van der Waals surface area contributed by atoms with E-state index in [1.54, 1.807) is 4.90 Å². The van der Waals surface area contributed by atoms with Crippen molar-refractivity contribution in [1.82, 2.24) is 9.80 Å². The maximum Gasteiger partial charge on any atom is 0.278 e. The molecule has 1 aromatic carbocycles. The maximum absolute atomic E-state index is 13.4. The van der Waals surface area contributed by atoms with Crippen LogP contribution in [0.5, 0.6) is 0 Å². The average Bonchev–Trinajstić information content (AvgIpc) is 2.85. The fourth-order valence-electron chi connectivity index (χ4n) is 4.33. The SMILES string of the molecule is O=C1C(c2ccccc2)=C(N2CCOCC2)C(=O)N1C1CCCCCC1. The van der Waals surface area contributed by atoms with Crippen molar-refractivity contribution in [3.63, 3.8) is 0 Å². The van der Waals surface area contributed by atoms with Gasteiger partial charge in [-0.2, -0.15) is 0 Å². The van der Waals surface area contributed by atoms with Crippen LogP contribution in [0.2, 0.25) is 0 Å². The van der Waals surface area contributed by atoms with Crippen molar-refractivity contribution < 1.29 is 14.3 Å². The Labute approximate surface area is 154 Å². The zero-order chi connectivity index (χ0) is 17.9. The van der Waals surface area contributed by atoms with Crippen LogP contribution in [0.25, 0.3) is 5.57 Å². The van der Waals surface area contributed by atoms with E-state index in [-0.39, 0.29) is 17.9 Å². The van der Waals surface area contributed by atoms with Gasteiger partial charge in [-0.05, 0) is 18.4 Å². The first-order chi connectivity index (χ1) is 12.8. The Morgan fingerprint density at radius 3 is 2.15 bits per heavy atom. The molecule has 138 valence electrons.